The van der Waals surface area contributed by atoms with Crippen LogP contribution in [0.1, 0.15) is 28.1 Å². The number of benzene rings is 3. The minimum Gasteiger partial charge on any atom is -0.854 e. The Balaban J connectivity index is 1.79. The predicted octanol–water partition coefficient (Wildman–Crippen LogP) is 4.89. The molecule has 1 aromatic heterocycles. The van der Waals surface area contributed by atoms with Crippen molar-refractivity contribution >= 4 is 30.2 Å². The average molecular weight is 433 g/mol. The van der Waals surface area contributed by atoms with Gasteiger partial charge in [0.15, 0.2) is 0 Å². The Kier molecular flexibility index (Phi) is 7.08. The van der Waals surface area contributed by atoms with Crippen molar-refractivity contribution < 1.29 is 14.5 Å². The molecule has 0 radical (unpaired) electrons. The summed E-state index contributed by atoms with van der Waals surface area (Å²) < 4.78 is 7.12. The summed E-state index contributed by atoms with van der Waals surface area (Å²) in [6, 6.07) is 32.7. The largest absolute Gasteiger partial charge is 0.854 e. The second kappa shape index (κ2) is 10.7. The van der Waals surface area contributed by atoms with Crippen LogP contribution in [0.15, 0.2) is 108 Å². The molecule has 0 amide bonds. The van der Waals surface area contributed by atoms with E-state index >= 15 is 0 Å². The van der Waals surface area contributed by atoms with Crippen molar-refractivity contribution in [3.63, 3.8) is 0 Å². The summed E-state index contributed by atoms with van der Waals surface area (Å²) in [6.07, 6.45) is 7.84. The second-order valence-corrected chi connectivity index (χ2v) is 7.28. The van der Waals surface area contributed by atoms with Crippen LogP contribution in [0, 0.1) is 0 Å². The fraction of sp³-hybridized carbons (Fsp3) is 0.0345. The van der Waals surface area contributed by atoms with Gasteiger partial charge in [0, 0.05) is 29.8 Å². The highest BCUT2D eigenvalue weighted by Crippen LogP contribution is 2.19. The molecule has 0 aliphatic heterocycles. The van der Waals surface area contributed by atoms with Crippen LogP contribution < -0.4 is 14.5 Å². The molecule has 0 N–H and O–H groups in total. The van der Waals surface area contributed by atoms with Gasteiger partial charge in [0.25, 0.3) is 0 Å². The lowest BCUT2D eigenvalue weighted by Crippen LogP contribution is -2.39. The summed E-state index contributed by atoms with van der Waals surface area (Å²) >= 11 is 0. The number of pyridine rings is 1. The van der Waals surface area contributed by atoms with E-state index in [1.54, 1.807) is 23.9 Å². The third-order valence-corrected chi connectivity index (χ3v) is 5.05. The number of hydrogen-bond acceptors (Lipinski definition) is 3. The summed E-state index contributed by atoms with van der Waals surface area (Å²) in [4.78, 5) is 0. The summed E-state index contributed by atoms with van der Waals surface area (Å²) in [5, 5.41) is 17.4. The summed E-state index contributed by atoms with van der Waals surface area (Å²) in [5.41, 5.74) is 4.08. The van der Waals surface area contributed by atoms with E-state index in [0.717, 1.165) is 28.3 Å². The quantitative estimate of drug-likeness (QED) is 0.237. The molecule has 1 heterocycles. The Morgan fingerprint density at radius 1 is 0.697 bits per heavy atom. The van der Waals surface area contributed by atoms with Gasteiger partial charge in [-0.3, -0.25) is 0 Å². The lowest BCUT2D eigenvalue weighted by molar-refractivity contribution is -0.684. The maximum Gasteiger partial charge on any atom is 0.238 e. The first kappa shape index (κ1) is 21.8. The highest BCUT2D eigenvalue weighted by molar-refractivity contribution is 5.90. The van der Waals surface area contributed by atoms with Gasteiger partial charge in [0.1, 0.15) is 5.75 Å². The molecule has 33 heavy (non-hydrogen) atoms. The smallest absolute Gasteiger partial charge is 0.238 e. The molecular formula is C29H24N2O2. The van der Waals surface area contributed by atoms with Crippen LogP contribution in [0.3, 0.4) is 0 Å². The van der Waals surface area contributed by atoms with Crippen LogP contribution in [0.25, 0.3) is 24.3 Å². The Hall–Kier alpha value is -4.44. The summed E-state index contributed by atoms with van der Waals surface area (Å²) in [7, 11) is 1.65. The van der Waals surface area contributed by atoms with E-state index in [4.69, 9.17) is 4.74 Å². The molecular weight excluding hydrogens is 408 g/mol. The molecule has 4 nitrogen and oxygen atoms in total. The lowest BCUT2D eigenvalue weighted by atomic mass is 10.1. The van der Waals surface area contributed by atoms with Gasteiger partial charge in [-0.1, -0.05) is 78.9 Å². The molecule has 0 aliphatic carbocycles. The lowest BCUT2D eigenvalue weighted by Gasteiger charge is -2.08. The van der Waals surface area contributed by atoms with Crippen molar-refractivity contribution in [2.45, 2.75) is 0 Å². The minimum atomic E-state index is -0.312. The van der Waals surface area contributed by atoms with Gasteiger partial charge < -0.3 is 9.84 Å². The van der Waals surface area contributed by atoms with E-state index in [-0.39, 0.29) is 5.90 Å². The van der Waals surface area contributed by atoms with Crippen LogP contribution in [-0.2, 0) is 0 Å². The van der Waals surface area contributed by atoms with Crippen LogP contribution in [0.2, 0.25) is 0 Å². The number of nitrogens with zero attached hydrogens (tertiary/aromatic N) is 2. The Morgan fingerprint density at radius 3 is 2.00 bits per heavy atom. The molecule has 0 bridgehead atoms. The highest BCUT2D eigenvalue weighted by atomic mass is 16.5. The minimum absolute atomic E-state index is 0.312. The molecule has 0 aliphatic rings. The average Bonchev–Trinajstić information content (AvgIpc) is 2.88. The SMILES string of the molecule is COc1ccccc1/C=C/c1cccc(/C=C/c2ccccc2)[n+]1/N=C(\[O-])c1ccccc1. The fourth-order valence-corrected chi connectivity index (χ4v) is 3.36. The van der Waals surface area contributed by atoms with E-state index in [2.05, 4.69) is 5.10 Å². The van der Waals surface area contributed by atoms with Gasteiger partial charge in [-0.25, -0.2) is 0 Å². The first-order valence-corrected chi connectivity index (χ1v) is 10.7. The number of aromatic nitrogens is 1. The molecule has 162 valence electrons. The van der Waals surface area contributed by atoms with Crippen molar-refractivity contribution in [2.24, 2.45) is 5.10 Å². The van der Waals surface area contributed by atoms with Crippen molar-refractivity contribution in [1.29, 1.82) is 0 Å². The number of ether oxygens (including phenoxy) is 1. The van der Waals surface area contributed by atoms with Crippen molar-refractivity contribution in [3.8, 4) is 5.75 Å². The van der Waals surface area contributed by atoms with Crippen LogP contribution in [0.5, 0.6) is 5.75 Å². The monoisotopic (exact) mass is 432 g/mol. The van der Waals surface area contributed by atoms with Gasteiger partial charge in [-0.05, 0) is 45.2 Å². The maximum absolute atomic E-state index is 12.9. The zero-order valence-corrected chi connectivity index (χ0v) is 18.3. The topological polar surface area (TPSA) is 48.5 Å². The zero-order valence-electron chi connectivity index (χ0n) is 18.3. The molecule has 0 saturated carbocycles. The van der Waals surface area contributed by atoms with Crippen LogP contribution in [0.4, 0.5) is 0 Å². The van der Waals surface area contributed by atoms with Crippen molar-refractivity contribution in [3.05, 3.63) is 131 Å². The molecule has 0 saturated heterocycles. The van der Waals surface area contributed by atoms with Crippen LogP contribution >= 0.6 is 0 Å². The molecule has 3 aromatic carbocycles. The molecule has 0 unspecified atom stereocenters. The van der Waals surface area contributed by atoms with Crippen molar-refractivity contribution in [2.75, 3.05) is 7.11 Å². The molecule has 0 spiro atoms. The van der Waals surface area contributed by atoms with E-state index in [1.807, 2.05) is 115 Å². The van der Waals surface area contributed by atoms with E-state index in [9.17, 15) is 5.11 Å². The summed E-state index contributed by atoms with van der Waals surface area (Å²) in [5.74, 6) is 0.464. The van der Waals surface area contributed by atoms with Gasteiger partial charge in [0.05, 0.1) is 13.0 Å². The maximum atomic E-state index is 12.9. The number of rotatable bonds is 7. The van der Waals surface area contributed by atoms with Gasteiger partial charge in [-0.2, -0.15) is 0 Å². The zero-order chi connectivity index (χ0) is 22.9. The predicted molar refractivity (Wildman–Crippen MR) is 132 cm³/mol. The molecule has 4 aromatic rings. The normalized spacial score (nSPS) is 11.8. The van der Waals surface area contributed by atoms with E-state index < -0.39 is 0 Å². The standard InChI is InChI=1S/C29H24N2O2/c1-33-28-18-9-8-13-24(28)20-22-27-17-10-16-26(21-19-23-11-4-2-5-12-23)31(27)30-29(32)25-14-6-3-7-15-25/h2-22H,1H3/b21-19+,22-20+. The fourth-order valence-electron chi connectivity index (χ4n) is 3.36. The van der Waals surface area contributed by atoms with Gasteiger partial charge in [0.2, 0.25) is 11.4 Å². The third-order valence-electron chi connectivity index (χ3n) is 5.05. The Morgan fingerprint density at radius 2 is 1.30 bits per heavy atom. The molecule has 0 fully saturated rings. The van der Waals surface area contributed by atoms with E-state index in [1.165, 1.54) is 0 Å². The second-order valence-electron chi connectivity index (χ2n) is 7.28. The first-order chi connectivity index (χ1) is 16.2. The Bertz CT molecular complexity index is 1290. The van der Waals surface area contributed by atoms with Gasteiger partial charge >= 0.3 is 0 Å². The molecule has 4 rings (SSSR count). The van der Waals surface area contributed by atoms with E-state index in [0.29, 0.717) is 5.56 Å². The van der Waals surface area contributed by atoms with Crippen LogP contribution in [-0.4, -0.2) is 13.0 Å². The molecule has 0 atom stereocenters. The molecule has 4 heteroatoms. The summed E-state index contributed by atoms with van der Waals surface area (Å²) in [6.45, 7) is 0. The number of methoxy groups -OCH3 is 1. The first-order valence-electron chi connectivity index (χ1n) is 10.7. The number of para-hydroxylation sites is 1. The highest BCUT2D eigenvalue weighted by Gasteiger charge is 2.14. The Labute approximate surface area is 194 Å². The number of hydrogen-bond donors (Lipinski definition) is 0. The van der Waals surface area contributed by atoms with Gasteiger partial charge in [-0.15, -0.1) is 0 Å². The van der Waals surface area contributed by atoms with Crippen molar-refractivity contribution in [1.82, 2.24) is 0 Å². The third kappa shape index (κ3) is 5.63.